The van der Waals surface area contributed by atoms with Gasteiger partial charge in [-0.05, 0) is 49.5 Å². The second kappa shape index (κ2) is 8.98. The predicted octanol–water partition coefficient (Wildman–Crippen LogP) is 4.32. The zero-order chi connectivity index (χ0) is 17.6. The van der Waals surface area contributed by atoms with E-state index in [2.05, 4.69) is 45.1 Å². The van der Waals surface area contributed by atoms with E-state index >= 15 is 0 Å². The van der Waals surface area contributed by atoms with Crippen LogP contribution in [0, 0.1) is 11.3 Å². The van der Waals surface area contributed by atoms with Gasteiger partial charge in [0.05, 0.1) is 18.8 Å². The first-order valence-electron chi connectivity index (χ1n) is 9.44. The number of hydrogen-bond acceptors (Lipinski definition) is 3. The third-order valence-electron chi connectivity index (χ3n) is 5.38. The van der Waals surface area contributed by atoms with Gasteiger partial charge in [0.1, 0.15) is 0 Å². The van der Waals surface area contributed by atoms with Gasteiger partial charge in [0.25, 0.3) is 0 Å². The van der Waals surface area contributed by atoms with Crippen LogP contribution >= 0.6 is 0 Å². The molecule has 0 heterocycles. The lowest BCUT2D eigenvalue weighted by Crippen LogP contribution is -2.35. The van der Waals surface area contributed by atoms with Crippen LogP contribution in [0.1, 0.15) is 65.0 Å². The van der Waals surface area contributed by atoms with Gasteiger partial charge in [0, 0.05) is 12.6 Å². The van der Waals surface area contributed by atoms with Crippen LogP contribution in [0.3, 0.4) is 0 Å². The molecule has 0 aliphatic heterocycles. The lowest BCUT2D eigenvalue weighted by molar-refractivity contribution is -0.0365. The van der Waals surface area contributed by atoms with E-state index < -0.39 is 6.10 Å². The first-order chi connectivity index (χ1) is 11.4. The van der Waals surface area contributed by atoms with Crippen molar-refractivity contribution in [3.8, 4) is 0 Å². The quantitative estimate of drug-likeness (QED) is 0.781. The fourth-order valence-electron chi connectivity index (χ4n) is 3.57. The number of benzene rings is 1. The van der Waals surface area contributed by atoms with Crippen LogP contribution in [-0.4, -0.2) is 30.5 Å². The van der Waals surface area contributed by atoms with E-state index in [1.807, 2.05) is 18.2 Å². The third-order valence-corrected chi connectivity index (χ3v) is 5.38. The molecule has 3 heteroatoms. The first-order valence-corrected chi connectivity index (χ1v) is 9.44. The molecule has 1 saturated carbocycles. The summed E-state index contributed by atoms with van der Waals surface area (Å²) < 4.78 is 5.95. The lowest BCUT2D eigenvalue weighted by atomic mass is 9.72. The second-order valence-electron chi connectivity index (χ2n) is 8.37. The van der Waals surface area contributed by atoms with E-state index in [1.165, 1.54) is 18.4 Å². The number of nitrogens with one attached hydrogen (secondary N) is 1. The second-order valence-corrected chi connectivity index (χ2v) is 8.37. The van der Waals surface area contributed by atoms with Crippen molar-refractivity contribution in [3.05, 3.63) is 35.9 Å². The zero-order valence-corrected chi connectivity index (χ0v) is 15.8. The monoisotopic (exact) mass is 333 g/mol. The summed E-state index contributed by atoms with van der Waals surface area (Å²) in [5.41, 5.74) is 1.65. The zero-order valence-electron chi connectivity index (χ0n) is 15.8. The van der Waals surface area contributed by atoms with Gasteiger partial charge in [-0.25, -0.2) is 0 Å². The minimum Gasteiger partial charge on any atom is -0.389 e. The normalized spacial score (nSPS) is 24.5. The molecule has 1 aliphatic carbocycles. The van der Waals surface area contributed by atoms with Gasteiger partial charge < -0.3 is 15.2 Å². The Hall–Kier alpha value is -0.900. The molecule has 3 nitrogen and oxygen atoms in total. The maximum Gasteiger partial charge on any atom is 0.0898 e. The van der Waals surface area contributed by atoms with Gasteiger partial charge in [-0.2, -0.15) is 0 Å². The highest BCUT2D eigenvalue weighted by molar-refractivity contribution is 5.17. The SMILES string of the molecule is C[C@@H](NC[C@H](O)COC1CCC(C(C)(C)C)CC1)c1ccccc1. The Bertz CT molecular complexity index is 460. The van der Waals surface area contributed by atoms with Crippen LogP contribution in [0.15, 0.2) is 30.3 Å². The summed E-state index contributed by atoms with van der Waals surface area (Å²) in [6.07, 6.45) is 4.62. The van der Waals surface area contributed by atoms with Gasteiger partial charge in [0.15, 0.2) is 0 Å². The van der Waals surface area contributed by atoms with Crippen molar-refractivity contribution in [1.82, 2.24) is 5.32 Å². The Kier molecular flexibility index (Phi) is 7.27. The molecule has 0 unspecified atom stereocenters. The van der Waals surface area contributed by atoms with Crippen molar-refractivity contribution in [1.29, 1.82) is 0 Å². The number of hydrogen-bond donors (Lipinski definition) is 2. The van der Waals surface area contributed by atoms with Crippen molar-refractivity contribution in [2.24, 2.45) is 11.3 Å². The largest absolute Gasteiger partial charge is 0.389 e. The average molecular weight is 334 g/mol. The minimum absolute atomic E-state index is 0.239. The fraction of sp³-hybridized carbons (Fsp3) is 0.714. The Labute approximate surface area is 147 Å². The highest BCUT2D eigenvalue weighted by Gasteiger charge is 2.30. The highest BCUT2D eigenvalue weighted by Crippen LogP contribution is 2.38. The molecule has 136 valence electrons. The predicted molar refractivity (Wildman–Crippen MR) is 100 cm³/mol. The van der Waals surface area contributed by atoms with Crippen LogP contribution in [0.4, 0.5) is 0 Å². The minimum atomic E-state index is -0.448. The van der Waals surface area contributed by atoms with E-state index in [9.17, 15) is 5.11 Å². The molecule has 0 aromatic heterocycles. The maximum atomic E-state index is 10.2. The summed E-state index contributed by atoms with van der Waals surface area (Å²) in [6, 6.07) is 10.6. The highest BCUT2D eigenvalue weighted by atomic mass is 16.5. The molecule has 0 bridgehead atoms. The van der Waals surface area contributed by atoms with E-state index in [1.54, 1.807) is 0 Å². The molecule has 1 aromatic rings. The summed E-state index contributed by atoms with van der Waals surface area (Å²) in [6.45, 7) is 10.1. The van der Waals surface area contributed by atoms with E-state index in [0.717, 1.165) is 18.8 Å². The molecule has 1 aliphatic rings. The van der Waals surface area contributed by atoms with Crippen LogP contribution < -0.4 is 5.32 Å². The van der Waals surface area contributed by atoms with Gasteiger partial charge in [-0.1, -0.05) is 51.1 Å². The summed E-state index contributed by atoms with van der Waals surface area (Å²) in [4.78, 5) is 0. The lowest BCUT2D eigenvalue weighted by Gasteiger charge is -2.37. The van der Waals surface area contributed by atoms with Crippen molar-refractivity contribution >= 4 is 0 Å². The summed E-state index contributed by atoms with van der Waals surface area (Å²) >= 11 is 0. The van der Waals surface area contributed by atoms with E-state index in [-0.39, 0.29) is 6.04 Å². The number of aliphatic hydroxyl groups excluding tert-OH is 1. The summed E-state index contributed by atoms with van der Waals surface area (Å²) in [7, 11) is 0. The fourth-order valence-corrected chi connectivity index (χ4v) is 3.57. The molecule has 24 heavy (non-hydrogen) atoms. The Morgan fingerprint density at radius 1 is 1.12 bits per heavy atom. The van der Waals surface area contributed by atoms with Crippen LogP contribution in [-0.2, 0) is 4.74 Å². The maximum absolute atomic E-state index is 10.2. The number of rotatable bonds is 7. The molecular weight excluding hydrogens is 298 g/mol. The van der Waals surface area contributed by atoms with Gasteiger partial charge in [-0.3, -0.25) is 0 Å². The van der Waals surface area contributed by atoms with Gasteiger partial charge >= 0.3 is 0 Å². The smallest absolute Gasteiger partial charge is 0.0898 e. The first kappa shape index (κ1) is 19.4. The van der Waals surface area contributed by atoms with Crippen molar-refractivity contribution < 1.29 is 9.84 Å². The van der Waals surface area contributed by atoms with Gasteiger partial charge in [-0.15, -0.1) is 0 Å². The topological polar surface area (TPSA) is 41.5 Å². The molecule has 2 atom stereocenters. The van der Waals surface area contributed by atoms with Crippen molar-refractivity contribution in [2.75, 3.05) is 13.2 Å². The molecular formula is C21H35NO2. The number of aliphatic hydroxyl groups is 1. The molecule has 1 fully saturated rings. The third kappa shape index (κ3) is 6.19. The van der Waals surface area contributed by atoms with Gasteiger partial charge in [0.2, 0.25) is 0 Å². The summed E-state index contributed by atoms with van der Waals surface area (Å²) in [5.74, 6) is 0.802. The van der Waals surface area contributed by atoms with Crippen LogP contribution in [0.2, 0.25) is 0 Å². The molecule has 1 aromatic carbocycles. The standard InChI is InChI=1S/C21H35NO2/c1-16(17-8-6-5-7-9-17)22-14-19(23)15-24-20-12-10-18(11-13-20)21(2,3)4/h5-9,16,18-20,22-23H,10-15H2,1-4H3/t16-,18?,19+,20?/m1/s1. The Morgan fingerprint density at radius 2 is 1.75 bits per heavy atom. The molecule has 0 radical (unpaired) electrons. The van der Waals surface area contributed by atoms with Crippen molar-refractivity contribution in [2.45, 2.75) is 71.6 Å². The Morgan fingerprint density at radius 3 is 2.33 bits per heavy atom. The van der Waals surface area contributed by atoms with E-state index in [0.29, 0.717) is 24.7 Å². The molecule has 0 amide bonds. The average Bonchev–Trinajstić information content (AvgIpc) is 2.58. The van der Waals surface area contributed by atoms with E-state index in [4.69, 9.17) is 4.74 Å². The Balaban J connectivity index is 1.63. The van der Waals surface area contributed by atoms with Crippen LogP contribution in [0.5, 0.6) is 0 Å². The molecule has 2 N–H and O–H groups in total. The van der Waals surface area contributed by atoms with Crippen molar-refractivity contribution in [3.63, 3.8) is 0 Å². The van der Waals surface area contributed by atoms with Crippen LogP contribution in [0.25, 0.3) is 0 Å². The summed E-state index contributed by atoms with van der Waals surface area (Å²) in [5, 5.41) is 13.6. The molecule has 2 rings (SSSR count). The number of ether oxygens (including phenoxy) is 1. The molecule has 0 saturated heterocycles. The molecule has 0 spiro atoms.